The Morgan fingerprint density at radius 2 is 1.76 bits per heavy atom. The van der Waals surface area contributed by atoms with Crippen LogP contribution >= 0.6 is 0 Å². The predicted octanol–water partition coefficient (Wildman–Crippen LogP) is 4.23. The minimum atomic E-state index is -0.211. The third-order valence-corrected chi connectivity index (χ3v) is 3.47. The van der Waals surface area contributed by atoms with E-state index in [1.807, 2.05) is 50.2 Å². The van der Waals surface area contributed by atoms with Crippen LogP contribution in [0, 0.1) is 12.7 Å². The van der Waals surface area contributed by atoms with Gasteiger partial charge in [-0.1, -0.05) is 43.3 Å². The molecule has 0 amide bonds. The van der Waals surface area contributed by atoms with Crippen molar-refractivity contribution in [2.75, 3.05) is 13.2 Å². The molecule has 3 heteroatoms. The Hall–Kier alpha value is -1.87. The molecule has 0 bridgehead atoms. The van der Waals surface area contributed by atoms with E-state index in [1.54, 1.807) is 13.0 Å². The van der Waals surface area contributed by atoms with E-state index in [9.17, 15) is 4.39 Å². The average Bonchev–Trinajstić information content (AvgIpc) is 2.49. The fourth-order valence-corrected chi connectivity index (χ4v) is 2.49. The zero-order chi connectivity index (χ0) is 15.2. The summed E-state index contributed by atoms with van der Waals surface area (Å²) in [6, 6.07) is 13.1. The molecular formula is C18H22FNO. The minimum absolute atomic E-state index is 0.158. The molecule has 0 aliphatic heterocycles. The number of hydrogen-bond donors (Lipinski definition) is 1. The lowest BCUT2D eigenvalue weighted by atomic mass is 9.95. The van der Waals surface area contributed by atoms with Gasteiger partial charge in [0.25, 0.3) is 0 Å². The van der Waals surface area contributed by atoms with Crippen molar-refractivity contribution in [1.82, 2.24) is 5.32 Å². The maximum absolute atomic E-state index is 14.5. The highest BCUT2D eigenvalue weighted by Crippen LogP contribution is 2.32. The zero-order valence-electron chi connectivity index (χ0n) is 12.8. The average molecular weight is 287 g/mol. The molecule has 0 saturated carbocycles. The van der Waals surface area contributed by atoms with Crippen LogP contribution in [0.1, 0.15) is 36.6 Å². The summed E-state index contributed by atoms with van der Waals surface area (Å²) < 4.78 is 20.2. The molecule has 2 aromatic rings. The molecule has 0 saturated heterocycles. The van der Waals surface area contributed by atoms with Gasteiger partial charge in [-0.05, 0) is 32.0 Å². The van der Waals surface area contributed by atoms with E-state index in [2.05, 4.69) is 5.32 Å². The van der Waals surface area contributed by atoms with Gasteiger partial charge in [0.05, 0.1) is 12.6 Å². The number of para-hydroxylation sites is 1. The number of hydrogen-bond acceptors (Lipinski definition) is 2. The molecule has 0 fully saturated rings. The van der Waals surface area contributed by atoms with Crippen molar-refractivity contribution in [3.8, 4) is 5.75 Å². The molecule has 0 radical (unpaired) electrons. The first-order chi connectivity index (χ1) is 10.2. The molecule has 1 atom stereocenters. The van der Waals surface area contributed by atoms with Crippen molar-refractivity contribution in [1.29, 1.82) is 0 Å². The zero-order valence-corrected chi connectivity index (χ0v) is 12.8. The van der Waals surface area contributed by atoms with E-state index in [0.717, 1.165) is 17.9 Å². The first-order valence-corrected chi connectivity index (χ1v) is 7.39. The monoisotopic (exact) mass is 287 g/mol. The highest BCUT2D eigenvalue weighted by molar-refractivity contribution is 5.43. The summed E-state index contributed by atoms with van der Waals surface area (Å²) in [5.74, 6) is 0.640. The fraction of sp³-hybridized carbons (Fsp3) is 0.333. The number of benzene rings is 2. The highest BCUT2D eigenvalue weighted by Gasteiger charge is 2.21. The SMILES string of the molecule is CCNC(c1ccccc1OCC)c1cccc(C)c1F. The summed E-state index contributed by atoms with van der Waals surface area (Å²) in [7, 11) is 0. The fourth-order valence-electron chi connectivity index (χ4n) is 2.49. The number of rotatable bonds is 6. The van der Waals surface area contributed by atoms with Crippen molar-refractivity contribution in [2.24, 2.45) is 0 Å². The Morgan fingerprint density at radius 1 is 1.05 bits per heavy atom. The first-order valence-electron chi connectivity index (χ1n) is 7.39. The number of halogens is 1. The maximum atomic E-state index is 14.5. The van der Waals surface area contributed by atoms with Crippen LogP contribution in [-0.4, -0.2) is 13.2 Å². The van der Waals surface area contributed by atoms with Crippen LogP contribution in [0.25, 0.3) is 0 Å². The van der Waals surface area contributed by atoms with Crippen LogP contribution in [0.15, 0.2) is 42.5 Å². The van der Waals surface area contributed by atoms with Crippen LogP contribution in [0.3, 0.4) is 0 Å². The Balaban J connectivity index is 2.51. The lowest BCUT2D eigenvalue weighted by molar-refractivity contribution is 0.333. The van der Waals surface area contributed by atoms with Gasteiger partial charge in [0.2, 0.25) is 0 Å². The summed E-state index contributed by atoms with van der Waals surface area (Å²) >= 11 is 0. The molecule has 2 nitrogen and oxygen atoms in total. The van der Waals surface area contributed by atoms with Crippen molar-refractivity contribution in [3.63, 3.8) is 0 Å². The van der Waals surface area contributed by atoms with Crippen LogP contribution in [0.4, 0.5) is 4.39 Å². The van der Waals surface area contributed by atoms with E-state index in [1.165, 1.54) is 0 Å². The highest BCUT2D eigenvalue weighted by atomic mass is 19.1. The maximum Gasteiger partial charge on any atom is 0.131 e. The number of aryl methyl sites for hydroxylation is 1. The van der Waals surface area contributed by atoms with Crippen molar-refractivity contribution in [3.05, 3.63) is 65.0 Å². The summed E-state index contributed by atoms with van der Waals surface area (Å²) in [5, 5.41) is 3.36. The molecule has 2 rings (SSSR count). The van der Waals surface area contributed by atoms with Gasteiger partial charge in [-0.3, -0.25) is 0 Å². The largest absolute Gasteiger partial charge is 0.494 e. The normalized spacial score (nSPS) is 12.2. The summed E-state index contributed by atoms with van der Waals surface area (Å²) in [4.78, 5) is 0. The number of ether oxygens (including phenoxy) is 1. The van der Waals surface area contributed by atoms with Gasteiger partial charge < -0.3 is 10.1 Å². The molecule has 112 valence electrons. The van der Waals surface area contributed by atoms with Crippen LogP contribution in [0.2, 0.25) is 0 Å². The quantitative estimate of drug-likeness (QED) is 0.858. The molecule has 1 N–H and O–H groups in total. The second-order valence-electron chi connectivity index (χ2n) is 4.94. The molecule has 0 aromatic heterocycles. The summed E-state index contributed by atoms with van der Waals surface area (Å²) in [6.07, 6.45) is 0. The Morgan fingerprint density at radius 3 is 2.48 bits per heavy atom. The lowest BCUT2D eigenvalue weighted by Crippen LogP contribution is -2.24. The third kappa shape index (κ3) is 3.42. The summed E-state index contributed by atoms with van der Waals surface area (Å²) in [5.41, 5.74) is 2.28. The Bertz CT molecular complexity index is 598. The van der Waals surface area contributed by atoms with Crippen LogP contribution < -0.4 is 10.1 Å². The van der Waals surface area contributed by atoms with E-state index >= 15 is 0 Å². The predicted molar refractivity (Wildman–Crippen MR) is 84.3 cm³/mol. The van der Waals surface area contributed by atoms with Gasteiger partial charge in [-0.25, -0.2) is 4.39 Å². The molecule has 21 heavy (non-hydrogen) atoms. The van der Waals surface area contributed by atoms with Gasteiger partial charge in [0, 0.05) is 11.1 Å². The first kappa shape index (κ1) is 15.5. The Labute approximate surface area is 126 Å². The van der Waals surface area contributed by atoms with Gasteiger partial charge >= 0.3 is 0 Å². The standard InChI is InChI=1S/C18H22FNO/c1-4-20-18(15-11-8-9-13(3)17(15)19)14-10-6-7-12-16(14)21-5-2/h6-12,18,20H,4-5H2,1-3H3. The van der Waals surface area contributed by atoms with E-state index < -0.39 is 0 Å². The molecular weight excluding hydrogens is 265 g/mol. The molecule has 0 aliphatic rings. The third-order valence-electron chi connectivity index (χ3n) is 3.47. The van der Waals surface area contributed by atoms with Gasteiger partial charge in [-0.2, -0.15) is 0 Å². The smallest absolute Gasteiger partial charge is 0.131 e. The van der Waals surface area contributed by atoms with Gasteiger partial charge in [0.1, 0.15) is 11.6 Å². The number of nitrogens with one attached hydrogen (secondary N) is 1. The van der Waals surface area contributed by atoms with E-state index in [0.29, 0.717) is 17.7 Å². The molecule has 2 aromatic carbocycles. The van der Waals surface area contributed by atoms with Gasteiger partial charge in [0.15, 0.2) is 0 Å². The Kier molecular flexibility index (Phi) is 5.34. The minimum Gasteiger partial charge on any atom is -0.494 e. The van der Waals surface area contributed by atoms with Crippen molar-refractivity contribution < 1.29 is 9.13 Å². The van der Waals surface area contributed by atoms with Gasteiger partial charge in [-0.15, -0.1) is 0 Å². The molecule has 0 aliphatic carbocycles. The van der Waals surface area contributed by atoms with E-state index in [4.69, 9.17) is 4.74 Å². The molecule has 0 spiro atoms. The molecule has 1 unspecified atom stereocenters. The van der Waals surface area contributed by atoms with Crippen LogP contribution in [0.5, 0.6) is 5.75 Å². The van der Waals surface area contributed by atoms with Crippen molar-refractivity contribution in [2.45, 2.75) is 26.8 Å². The van der Waals surface area contributed by atoms with E-state index in [-0.39, 0.29) is 11.9 Å². The topological polar surface area (TPSA) is 21.3 Å². The molecule has 0 heterocycles. The van der Waals surface area contributed by atoms with Crippen molar-refractivity contribution >= 4 is 0 Å². The summed E-state index contributed by atoms with van der Waals surface area (Å²) in [6.45, 7) is 7.09. The second kappa shape index (κ2) is 7.23. The second-order valence-corrected chi connectivity index (χ2v) is 4.94. The lowest BCUT2D eigenvalue weighted by Gasteiger charge is -2.22. The van der Waals surface area contributed by atoms with Crippen LogP contribution in [-0.2, 0) is 0 Å².